The van der Waals surface area contributed by atoms with Crippen molar-refractivity contribution in [1.29, 1.82) is 0 Å². The number of pyridine rings is 1. The van der Waals surface area contributed by atoms with E-state index in [0.717, 1.165) is 47.7 Å². The van der Waals surface area contributed by atoms with Crippen molar-refractivity contribution < 1.29 is 0 Å². The molecule has 2 aromatic heterocycles. The number of benzene rings is 1. The second-order valence-corrected chi connectivity index (χ2v) is 7.04. The zero-order chi connectivity index (χ0) is 19.5. The molecule has 0 saturated carbocycles. The van der Waals surface area contributed by atoms with Crippen LogP contribution in [0.25, 0.3) is 5.65 Å². The maximum atomic E-state index is 6.17. The summed E-state index contributed by atoms with van der Waals surface area (Å²) in [6.07, 6.45) is 8.64. The van der Waals surface area contributed by atoms with E-state index in [9.17, 15) is 0 Å². The third-order valence-electron chi connectivity index (χ3n) is 5.08. The minimum atomic E-state index is 0.640. The lowest BCUT2D eigenvalue weighted by molar-refractivity contribution is 0.399. The van der Waals surface area contributed by atoms with E-state index in [1.165, 1.54) is 0 Å². The van der Waals surface area contributed by atoms with Crippen LogP contribution in [0, 0.1) is 0 Å². The third kappa shape index (κ3) is 3.55. The topological polar surface area (TPSA) is 97.3 Å². The number of nitrogens with two attached hydrogens (primary N) is 2. The number of hydrogen-bond acceptors (Lipinski definition) is 6. The molecule has 0 unspecified atom stereocenters. The lowest BCUT2D eigenvalue weighted by Gasteiger charge is -2.25. The Labute approximate surface area is 164 Å². The van der Waals surface area contributed by atoms with E-state index in [1.807, 2.05) is 47.1 Å². The lowest BCUT2D eigenvalue weighted by atomic mass is 10.1. The van der Waals surface area contributed by atoms with E-state index in [2.05, 4.69) is 27.0 Å². The van der Waals surface area contributed by atoms with E-state index in [0.29, 0.717) is 24.3 Å². The monoisotopic (exact) mass is 375 g/mol. The Balaban J connectivity index is 1.53. The fourth-order valence-corrected chi connectivity index (χ4v) is 3.41. The number of fused-ring (bicyclic) bond motifs is 1. The van der Waals surface area contributed by atoms with Gasteiger partial charge in [0.05, 0.1) is 12.1 Å². The van der Waals surface area contributed by atoms with Crippen molar-refractivity contribution in [2.75, 3.05) is 18.0 Å². The van der Waals surface area contributed by atoms with Crippen LogP contribution in [0.4, 0.5) is 11.4 Å². The summed E-state index contributed by atoms with van der Waals surface area (Å²) in [5, 5.41) is 8.95. The standard InChI is InChI=1S/C21H25N7/c1-2-3-10-27(14-16-17(22)5-4-6-18(16)23)21-12-19(25-26-21)15-7-8-20-24-9-11-28(20)13-15/h4-9,11,13H,2-3,10,12,14,22-23H2,1H3. The molecule has 0 amide bonds. The highest BCUT2D eigenvalue weighted by atomic mass is 15.3. The Morgan fingerprint density at radius 3 is 2.71 bits per heavy atom. The number of unbranched alkanes of at least 4 members (excludes halogenated alkanes) is 1. The van der Waals surface area contributed by atoms with Gasteiger partial charge in [-0.05, 0) is 30.7 Å². The van der Waals surface area contributed by atoms with Crippen molar-refractivity contribution in [3.63, 3.8) is 0 Å². The van der Waals surface area contributed by atoms with Gasteiger partial charge < -0.3 is 20.8 Å². The molecule has 7 nitrogen and oxygen atoms in total. The summed E-state index contributed by atoms with van der Waals surface area (Å²) in [7, 11) is 0. The molecule has 4 N–H and O–H groups in total. The zero-order valence-electron chi connectivity index (χ0n) is 16.0. The van der Waals surface area contributed by atoms with Crippen molar-refractivity contribution in [2.45, 2.75) is 32.7 Å². The van der Waals surface area contributed by atoms with E-state index >= 15 is 0 Å². The van der Waals surface area contributed by atoms with Gasteiger partial charge in [-0.25, -0.2) is 4.98 Å². The molecule has 1 aliphatic rings. The lowest BCUT2D eigenvalue weighted by Crippen LogP contribution is -2.32. The van der Waals surface area contributed by atoms with E-state index in [-0.39, 0.29) is 0 Å². The quantitative estimate of drug-likeness (QED) is 0.646. The normalized spacial score (nSPS) is 13.6. The van der Waals surface area contributed by atoms with Gasteiger partial charge in [-0.1, -0.05) is 19.4 Å². The van der Waals surface area contributed by atoms with Gasteiger partial charge in [-0.2, -0.15) is 5.10 Å². The molecule has 0 saturated heterocycles. The molecule has 0 atom stereocenters. The highest BCUT2D eigenvalue weighted by Gasteiger charge is 2.21. The second-order valence-electron chi connectivity index (χ2n) is 7.04. The average Bonchev–Trinajstić information content (AvgIpc) is 3.36. The number of amidine groups is 1. The van der Waals surface area contributed by atoms with Gasteiger partial charge >= 0.3 is 0 Å². The first-order valence-electron chi connectivity index (χ1n) is 9.60. The summed E-state index contributed by atoms with van der Waals surface area (Å²) in [5.74, 6) is 0.955. The van der Waals surface area contributed by atoms with Crippen LogP contribution in [0.3, 0.4) is 0 Å². The van der Waals surface area contributed by atoms with Crippen molar-refractivity contribution in [2.24, 2.45) is 10.2 Å². The molecular weight excluding hydrogens is 350 g/mol. The van der Waals surface area contributed by atoms with E-state index < -0.39 is 0 Å². The van der Waals surface area contributed by atoms with Crippen molar-refractivity contribution in [3.05, 3.63) is 60.0 Å². The molecule has 3 aromatic rings. The van der Waals surface area contributed by atoms with Crippen LogP contribution >= 0.6 is 0 Å². The number of rotatable bonds is 6. The zero-order valence-corrected chi connectivity index (χ0v) is 16.0. The summed E-state index contributed by atoms with van der Waals surface area (Å²) in [6, 6.07) is 9.70. The average molecular weight is 375 g/mol. The molecule has 0 radical (unpaired) electrons. The van der Waals surface area contributed by atoms with Gasteiger partial charge in [0.25, 0.3) is 0 Å². The van der Waals surface area contributed by atoms with Crippen LogP contribution in [0.15, 0.2) is 59.1 Å². The van der Waals surface area contributed by atoms with Crippen LogP contribution in [0.5, 0.6) is 0 Å². The Morgan fingerprint density at radius 1 is 1.11 bits per heavy atom. The molecule has 4 rings (SSSR count). The summed E-state index contributed by atoms with van der Waals surface area (Å²) in [6.45, 7) is 3.72. The Morgan fingerprint density at radius 2 is 1.93 bits per heavy atom. The first-order chi connectivity index (χ1) is 13.7. The molecular formula is C21H25N7. The summed E-state index contributed by atoms with van der Waals surface area (Å²) < 4.78 is 2.00. The third-order valence-corrected chi connectivity index (χ3v) is 5.08. The first-order valence-corrected chi connectivity index (χ1v) is 9.60. The number of imidazole rings is 1. The van der Waals surface area contributed by atoms with Gasteiger partial charge in [-0.3, -0.25) is 0 Å². The Kier molecular flexibility index (Phi) is 4.97. The SMILES string of the molecule is CCCCN(Cc1c(N)cccc1N)C1=NN=C(c2ccc3nccn3c2)C1. The Hall–Kier alpha value is -3.35. The maximum Gasteiger partial charge on any atom is 0.136 e. The summed E-state index contributed by atoms with van der Waals surface area (Å²) >= 11 is 0. The van der Waals surface area contributed by atoms with Crippen molar-refractivity contribution >= 4 is 28.6 Å². The smallest absolute Gasteiger partial charge is 0.136 e. The predicted molar refractivity (Wildman–Crippen MR) is 114 cm³/mol. The minimum absolute atomic E-state index is 0.640. The van der Waals surface area contributed by atoms with Gasteiger partial charge in [0.15, 0.2) is 0 Å². The van der Waals surface area contributed by atoms with Crippen LogP contribution in [-0.4, -0.2) is 32.4 Å². The molecule has 0 spiro atoms. The van der Waals surface area contributed by atoms with Gasteiger partial charge in [0.2, 0.25) is 0 Å². The predicted octanol–water partition coefficient (Wildman–Crippen LogP) is 3.31. The van der Waals surface area contributed by atoms with E-state index in [1.54, 1.807) is 6.20 Å². The summed E-state index contributed by atoms with van der Waals surface area (Å²) in [5.41, 5.74) is 17.7. The highest BCUT2D eigenvalue weighted by molar-refractivity contribution is 6.14. The molecule has 0 aliphatic carbocycles. The molecule has 144 valence electrons. The number of aromatic nitrogens is 2. The molecule has 0 fully saturated rings. The van der Waals surface area contributed by atoms with Gasteiger partial charge in [0, 0.05) is 54.2 Å². The molecule has 1 aromatic carbocycles. The number of nitrogens with zero attached hydrogens (tertiary/aromatic N) is 5. The fraction of sp³-hybridized carbons (Fsp3) is 0.286. The maximum absolute atomic E-state index is 6.17. The molecule has 3 heterocycles. The Bertz CT molecular complexity index is 1030. The molecule has 7 heteroatoms. The molecule has 1 aliphatic heterocycles. The van der Waals surface area contributed by atoms with Crippen LogP contribution in [0.1, 0.15) is 37.3 Å². The second kappa shape index (κ2) is 7.72. The van der Waals surface area contributed by atoms with Crippen molar-refractivity contribution in [3.8, 4) is 0 Å². The van der Waals surface area contributed by atoms with Crippen LogP contribution in [-0.2, 0) is 6.54 Å². The summed E-state index contributed by atoms with van der Waals surface area (Å²) in [4.78, 5) is 6.54. The van der Waals surface area contributed by atoms with Crippen molar-refractivity contribution in [1.82, 2.24) is 14.3 Å². The first kappa shape index (κ1) is 18.0. The number of hydrogen-bond donors (Lipinski definition) is 2. The number of anilines is 2. The number of nitrogen functional groups attached to an aromatic ring is 2. The van der Waals surface area contributed by atoms with Crippen LogP contribution in [0.2, 0.25) is 0 Å². The molecule has 28 heavy (non-hydrogen) atoms. The van der Waals surface area contributed by atoms with Gasteiger partial charge in [-0.15, -0.1) is 5.10 Å². The largest absolute Gasteiger partial charge is 0.398 e. The molecule has 0 bridgehead atoms. The van der Waals surface area contributed by atoms with Crippen LogP contribution < -0.4 is 11.5 Å². The fourth-order valence-electron chi connectivity index (χ4n) is 3.41. The van der Waals surface area contributed by atoms with Gasteiger partial charge in [0.1, 0.15) is 11.5 Å². The highest BCUT2D eigenvalue weighted by Crippen LogP contribution is 2.23. The minimum Gasteiger partial charge on any atom is -0.398 e. The van der Waals surface area contributed by atoms with E-state index in [4.69, 9.17) is 11.5 Å².